The van der Waals surface area contributed by atoms with Gasteiger partial charge in [0.1, 0.15) is 24.2 Å². The van der Waals surface area contributed by atoms with Crippen LogP contribution in [0.2, 0.25) is 0 Å². The highest BCUT2D eigenvalue weighted by Gasteiger charge is 2.40. The molecule has 4 aliphatic rings. The van der Waals surface area contributed by atoms with E-state index in [2.05, 4.69) is 36.1 Å². The third-order valence-corrected chi connectivity index (χ3v) is 8.55. The summed E-state index contributed by atoms with van der Waals surface area (Å²) >= 11 is 0. The van der Waals surface area contributed by atoms with E-state index in [1.54, 1.807) is 24.7 Å². The molecule has 0 radical (unpaired) electrons. The van der Waals surface area contributed by atoms with Crippen molar-refractivity contribution >= 4 is 34.8 Å². The number of carbonyl (C=O) groups excluding carboxylic acids is 3. The fraction of sp³-hybridized carbons (Fsp3) is 0.552. The summed E-state index contributed by atoms with van der Waals surface area (Å²) in [4.78, 5) is 48.8. The van der Waals surface area contributed by atoms with Gasteiger partial charge in [-0.2, -0.15) is 0 Å². The van der Waals surface area contributed by atoms with E-state index in [1.807, 2.05) is 0 Å². The van der Waals surface area contributed by atoms with Crippen molar-refractivity contribution in [1.82, 2.24) is 40.6 Å². The molecular weight excluding hydrogens is 592 g/mol. The number of rotatable bonds is 8. The molecule has 2 atom stereocenters. The van der Waals surface area contributed by atoms with Crippen molar-refractivity contribution in [1.29, 1.82) is 0 Å². The monoisotopic (exact) mass is 635 g/mol. The smallest absolute Gasteiger partial charge is 0.415 e. The van der Waals surface area contributed by atoms with E-state index in [0.717, 1.165) is 0 Å². The number of ether oxygens (including phenoxy) is 2. The number of hydrogen-bond acceptors (Lipinski definition) is 10. The SMILES string of the molecule is CNCC(=O)NCCn1cnc2c(F)c3c(c(F)c21)CC(CN1CCCN(C2=CNC4(C)OCC(=O)NC4=N2)C(=O)OCC1)C3.[HH].[HH].[HH]. The van der Waals surface area contributed by atoms with E-state index in [9.17, 15) is 14.4 Å². The van der Waals surface area contributed by atoms with Gasteiger partial charge in [0.05, 0.1) is 12.9 Å². The molecule has 14 nitrogen and oxygen atoms in total. The van der Waals surface area contributed by atoms with Gasteiger partial charge >= 0.3 is 6.09 Å². The standard InChI is InChI=1S/C29H37F2N9O5.3H2/c1-29-27(37-22(42)15-45-29)36-20(12-35-29)40-6-3-5-38(8-9-44-28(40)43)14-17-10-18-19(11-17)24(31)26-25(23(18)30)34-16-39(26)7-4-33-21(41)13-32-2;;;/h12,16-17,32,35H,3-11,13-15H2,1-2H3,(H,33,41)(H,36,37,42);3*1H. The van der Waals surface area contributed by atoms with E-state index >= 15 is 8.78 Å². The van der Waals surface area contributed by atoms with Crippen molar-refractivity contribution in [2.75, 3.05) is 59.5 Å². The molecule has 2 unspecified atom stereocenters. The lowest BCUT2D eigenvalue weighted by atomic mass is 10.1. The molecule has 3 aliphatic heterocycles. The van der Waals surface area contributed by atoms with Gasteiger partial charge in [0.15, 0.2) is 29.0 Å². The number of aliphatic imine (C=N–C) groups is 1. The lowest BCUT2D eigenvalue weighted by Gasteiger charge is -2.38. The zero-order chi connectivity index (χ0) is 31.7. The number of imidazole rings is 1. The van der Waals surface area contributed by atoms with Gasteiger partial charge in [0, 0.05) is 43.2 Å². The van der Waals surface area contributed by atoms with Crippen LogP contribution in [0.1, 0.15) is 28.8 Å². The molecule has 16 heteroatoms. The Morgan fingerprint density at radius 2 is 2.00 bits per heavy atom. The molecule has 1 aromatic carbocycles. The van der Waals surface area contributed by atoms with E-state index in [4.69, 9.17) is 9.47 Å². The predicted octanol–water partition coefficient (Wildman–Crippen LogP) is 0.910. The van der Waals surface area contributed by atoms with Gasteiger partial charge in [0.2, 0.25) is 5.91 Å². The summed E-state index contributed by atoms with van der Waals surface area (Å²) in [6.07, 6.45) is 3.78. The second-order valence-electron chi connectivity index (χ2n) is 11.8. The summed E-state index contributed by atoms with van der Waals surface area (Å²) in [5.74, 6) is -0.941. The predicted molar refractivity (Wildman–Crippen MR) is 164 cm³/mol. The second-order valence-corrected chi connectivity index (χ2v) is 11.8. The van der Waals surface area contributed by atoms with Crippen LogP contribution in [0.25, 0.3) is 11.0 Å². The maximum absolute atomic E-state index is 15.8. The van der Waals surface area contributed by atoms with Crippen LogP contribution in [0.3, 0.4) is 0 Å². The zero-order valence-corrected chi connectivity index (χ0v) is 25.3. The van der Waals surface area contributed by atoms with Gasteiger partial charge in [-0.15, -0.1) is 0 Å². The number of amides is 3. The Kier molecular flexibility index (Phi) is 8.70. The minimum atomic E-state index is -0.996. The first kappa shape index (κ1) is 30.9. The van der Waals surface area contributed by atoms with Crippen LogP contribution in [-0.4, -0.2) is 108 Å². The highest BCUT2D eigenvalue weighted by atomic mass is 19.1. The zero-order valence-electron chi connectivity index (χ0n) is 25.3. The fourth-order valence-electron chi connectivity index (χ4n) is 6.29. The maximum atomic E-state index is 15.8. The van der Waals surface area contributed by atoms with Gasteiger partial charge < -0.3 is 35.3 Å². The third-order valence-electron chi connectivity index (χ3n) is 8.55. The molecule has 4 heterocycles. The molecule has 3 amide bonds. The Balaban J connectivity index is 0.00000208. The molecule has 1 aromatic heterocycles. The maximum Gasteiger partial charge on any atom is 0.415 e. The van der Waals surface area contributed by atoms with Crippen LogP contribution < -0.4 is 21.3 Å². The first-order valence-electron chi connectivity index (χ1n) is 15.1. The minimum absolute atomic E-state index is 0. The summed E-state index contributed by atoms with van der Waals surface area (Å²) in [7, 11) is 1.67. The molecule has 0 bridgehead atoms. The molecule has 4 N–H and O–H groups in total. The fourth-order valence-corrected chi connectivity index (χ4v) is 6.29. The molecule has 248 valence electrons. The molecule has 0 spiro atoms. The van der Waals surface area contributed by atoms with Crippen molar-refractivity contribution in [3.63, 3.8) is 0 Å². The number of nitrogens with one attached hydrogen (secondary N) is 4. The largest absolute Gasteiger partial charge is 0.448 e. The van der Waals surface area contributed by atoms with Crippen LogP contribution in [0.15, 0.2) is 23.3 Å². The molecule has 2 aromatic rings. The number of hydrogen-bond donors (Lipinski definition) is 4. The highest BCUT2D eigenvalue weighted by molar-refractivity contribution is 6.05. The summed E-state index contributed by atoms with van der Waals surface area (Å²) < 4.78 is 44.1. The van der Waals surface area contributed by atoms with E-state index < -0.39 is 23.5 Å². The number of cyclic esters (lactones) is 1. The number of amidine groups is 1. The first-order chi connectivity index (χ1) is 21.7. The van der Waals surface area contributed by atoms with Gasteiger partial charge in [0.25, 0.3) is 5.91 Å². The van der Waals surface area contributed by atoms with Crippen LogP contribution in [0.5, 0.6) is 0 Å². The number of fused-ring (bicyclic) bond motifs is 3. The van der Waals surface area contributed by atoms with Crippen molar-refractivity contribution in [3.8, 4) is 0 Å². The van der Waals surface area contributed by atoms with Gasteiger partial charge in [-0.1, -0.05) is 0 Å². The Bertz CT molecular complexity index is 1590. The Morgan fingerprint density at radius 1 is 1.20 bits per heavy atom. The third kappa shape index (κ3) is 6.21. The quantitative estimate of drug-likeness (QED) is 0.332. The molecule has 6 rings (SSSR count). The molecule has 1 aliphatic carbocycles. The average Bonchev–Trinajstić information content (AvgIpc) is 3.65. The van der Waals surface area contributed by atoms with Crippen molar-refractivity contribution in [3.05, 3.63) is 41.1 Å². The highest BCUT2D eigenvalue weighted by Crippen LogP contribution is 2.36. The van der Waals surface area contributed by atoms with Crippen molar-refractivity contribution in [2.45, 2.75) is 38.5 Å². The number of likely N-dealkylation sites (N-methyl/N-ethyl adjacent to an activating group) is 1. The van der Waals surface area contributed by atoms with Crippen molar-refractivity contribution in [2.24, 2.45) is 10.9 Å². The van der Waals surface area contributed by atoms with Gasteiger partial charge in [-0.25, -0.2) is 23.6 Å². The number of aromatic nitrogens is 2. The molecule has 0 saturated carbocycles. The number of benzene rings is 1. The summed E-state index contributed by atoms with van der Waals surface area (Å²) in [6, 6.07) is 0. The van der Waals surface area contributed by atoms with Gasteiger partial charge in [-0.3, -0.25) is 19.4 Å². The number of halogens is 2. The Morgan fingerprint density at radius 3 is 2.80 bits per heavy atom. The average molecular weight is 636 g/mol. The van der Waals surface area contributed by atoms with Crippen LogP contribution in [-0.2, 0) is 38.4 Å². The van der Waals surface area contributed by atoms with Crippen LogP contribution >= 0.6 is 0 Å². The van der Waals surface area contributed by atoms with Crippen LogP contribution in [0, 0.1) is 17.6 Å². The topological polar surface area (TPSA) is 154 Å². The van der Waals surface area contributed by atoms with Gasteiger partial charge in [-0.05, 0) is 56.8 Å². The van der Waals surface area contributed by atoms with Crippen LogP contribution in [0.4, 0.5) is 13.6 Å². The Hall–Kier alpha value is -4.15. The normalized spacial score (nSPS) is 23.9. The van der Waals surface area contributed by atoms with Crippen molar-refractivity contribution < 1.29 is 36.9 Å². The van der Waals surface area contributed by atoms with E-state index in [0.29, 0.717) is 62.4 Å². The lowest BCUT2D eigenvalue weighted by Crippen LogP contribution is -2.63. The molecular formula is C29H43F2N9O5. The number of morpholine rings is 1. The molecule has 45 heavy (non-hydrogen) atoms. The summed E-state index contributed by atoms with van der Waals surface area (Å²) in [5, 5.41) is 11.3. The van der Waals surface area contributed by atoms with E-state index in [-0.39, 0.29) is 71.7 Å². The Labute approximate surface area is 262 Å². The summed E-state index contributed by atoms with van der Waals surface area (Å²) in [5.41, 5.74) is -0.155. The minimum Gasteiger partial charge on any atom is -0.448 e. The first-order valence-corrected chi connectivity index (χ1v) is 15.1. The van der Waals surface area contributed by atoms with E-state index in [1.165, 1.54) is 11.2 Å². The lowest BCUT2D eigenvalue weighted by molar-refractivity contribution is -0.132. The summed E-state index contributed by atoms with van der Waals surface area (Å²) in [6.45, 7) is 4.45. The number of nitrogens with zero attached hydrogens (tertiary/aromatic N) is 5. The second kappa shape index (κ2) is 12.7. The molecule has 2 saturated heterocycles. The molecule has 2 fully saturated rings. The number of carbonyl (C=O) groups is 3.